The zero-order chi connectivity index (χ0) is 21.7. The Labute approximate surface area is 187 Å². The lowest BCUT2D eigenvalue weighted by atomic mass is 9.87. The summed E-state index contributed by atoms with van der Waals surface area (Å²) in [5, 5.41) is 15.7. The van der Waals surface area contributed by atoms with Gasteiger partial charge in [-0.05, 0) is 58.2 Å². The number of hydrogen-bond acceptors (Lipinski definition) is 5. The van der Waals surface area contributed by atoms with Crippen LogP contribution in [0.1, 0.15) is 23.5 Å². The van der Waals surface area contributed by atoms with E-state index in [9.17, 15) is 14.9 Å². The van der Waals surface area contributed by atoms with Crippen molar-refractivity contribution < 1.29 is 14.3 Å². The smallest absolute Gasteiger partial charge is 0.234 e. The van der Waals surface area contributed by atoms with E-state index >= 15 is 0 Å². The van der Waals surface area contributed by atoms with Crippen molar-refractivity contribution in [1.29, 1.82) is 5.26 Å². The van der Waals surface area contributed by atoms with E-state index in [4.69, 9.17) is 4.74 Å². The molecule has 1 aliphatic heterocycles. The van der Waals surface area contributed by atoms with Crippen LogP contribution in [0.5, 0.6) is 5.75 Å². The van der Waals surface area contributed by atoms with Crippen LogP contribution in [0.4, 0.5) is 5.69 Å². The largest absolute Gasteiger partial charge is 0.497 e. The molecule has 6 nitrogen and oxygen atoms in total. The third-order valence-corrected chi connectivity index (χ3v) is 6.29. The lowest BCUT2D eigenvalue weighted by molar-refractivity contribution is -0.121. The molecule has 0 radical (unpaired) electrons. The average molecular weight is 486 g/mol. The molecule has 8 heteroatoms. The van der Waals surface area contributed by atoms with E-state index in [1.165, 1.54) is 0 Å². The molecule has 3 rings (SSSR count). The Morgan fingerprint density at radius 1 is 1.33 bits per heavy atom. The summed E-state index contributed by atoms with van der Waals surface area (Å²) < 4.78 is 5.97. The van der Waals surface area contributed by atoms with E-state index in [0.717, 1.165) is 27.4 Å². The molecule has 0 bridgehead atoms. The summed E-state index contributed by atoms with van der Waals surface area (Å²) in [5.74, 6) is 0.00634. The molecule has 1 heterocycles. The number of rotatable bonds is 6. The number of ether oxygens (including phenoxy) is 1. The standard InChI is InChI=1S/C22H20BrN3O3S/c1-13-3-8-19(18(23)9-13)25-21(28)12-30-22-17(11-24)16(10-20(27)26-22)14-4-6-15(29-2)7-5-14/h3-9,16H,10,12H2,1-2H3,(H,25,28)(H,26,27)/t16-/m1/s1. The van der Waals surface area contributed by atoms with Gasteiger partial charge in [-0.25, -0.2) is 0 Å². The van der Waals surface area contributed by atoms with Crippen molar-refractivity contribution in [1.82, 2.24) is 5.32 Å². The Morgan fingerprint density at radius 3 is 2.70 bits per heavy atom. The van der Waals surface area contributed by atoms with Gasteiger partial charge in [0.2, 0.25) is 11.8 Å². The van der Waals surface area contributed by atoms with E-state index in [1.807, 2.05) is 37.3 Å². The molecule has 1 aliphatic rings. The molecular weight excluding hydrogens is 466 g/mol. The molecule has 30 heavy (non-hydrogen) atoms. The fraction of sp³-hybridized carbons (Fsp3) is 0.227. The number of thioether (sulfide) groups is 1. The number of benzene rings is 2. The van der Waals surface area contributed by atoms with Crippen LogP contribution in [-0.2, 0) is 9.59 Å². The molecule has 0 aromatic heterocycles. The number of nitriles is 1. The van der Waals surface area contributed by atoms with E-state index in [-0.39, 0.29) is 29.9 Å². The molecule has 154 valence electrons. The number of carbonyl (C=O) groups excluding carboxylic acids is 2. The fourth-order valence-corrected chi connectivity index (χ4v) is 4.57. The van der Waals surface area contributed by atoms with Crippen molar-refractivity contribution in [2.75, 3.05) is 18.2 Å². The van der Waals surface area contributed by atoms with Gasteiger partial charge in [0.1, 0.15) is 5.75 Å². The molecule has 2 aromatic rings. The number of allylic oxidation sites excluding steroid dienone is 1. The van der Waals surface area contributed by atoms with Crippen molar-refractivity contribution in [2.24, 2.45) is 0 Å². The minimum atomic E-state index is -0.355. The second kappa shape index (κ2) is 9.83. The Hall–Kier alpha value is -2.76. The van der Waals surface area contributed by atoms with Gasteiger partial charge in [-0.15, -0.1) is 0 Å². The van der Waals surface area contributed by atoms with Gasteiger partial charge in [0.15, 0.2) is 0 Å². The number of methoxy groups -OCH3 is 1. The number of amides is 2. The molecule has 0 fully saturated rings. The van der Waals surface area contributed by atoms with Crippen molar-refractivity contribution in [3.63, 3.8) is 0 Å². The summed E-state index contributed by atoms with van der Waals surface area (Å²) in [6.45, 7) is 1.97. The number of nitrogens with zero attached hydrogens (tertiary/aromatic N) is 1. The highest BCUT2D eigenvalue weighted by molar-refractivity contribution is 9.10. The number of hydrogen-bond donors (Lipinski definition) is 2. The van der Waals surface area contributed by atoms with Crippen LogP contribution in [-0.4, -0.2) is 24.7 Å². The zero-order valence-electron chi connectivity index (χ0n) is 16.5. The first-order valence-corrected chi connectivity index (χ1v) is 11.0. The quantitative estimate of drug-likeness (QED) is 0.629. The average Bonchev–Trinajstić information content (AvgIpc) is 2.74. The minimum Gasteiger partial charge on any atom is -0.497 e. The van der Waals surface area contributed by atoms with Crippen molar-refractivity contribution in [2.45, 2.75) is 19.3 Å². The number of nitrogens with one attached hydrogen (secondary N) is 2. The minimum absolute atomic E-state index is 0.0659. The molecule has 0 unspecified atom stereocenters. The van der Waals surface area contributed by atoms with Gasteiger partial charge in [0.05, 0.1) is 35.2 Å². The molecule has 0 saturated carbocycles. The predicted octanol–water partition coefficient (Wildman–Crippen LogP) is 4.48. The maximum absolute atomic E-state index is 12.4. The third-order valence-electron chi connectivity index (χ3n) is 4.62. The highest BCUT2D eigenvalue weighted by Crippen LogP contribution is 2.36. The summed E-state index contributed by atoms with van der Waals surface area (Å²) in [7, 11) is 1.58. The second-order valence-electron chi connectivity index (χ2n) is 6.75. The van der Waals surface area contributed by atoms with Crippen LogP contribution in [0.2, 0.25) is 0 Å². The van der Waals surface area contributed by atoms with Gasteiger partial charge in [0.25, 0.3) is 0 Å². The molecule has 2 aromatic carbocycles. The number of halogens is 1. The van der Waals surface area contributed by atoms with Crippen molar-refractivity contribution >= 4 is 45.2 Å². The van der Waals surface area contributed by atoms with Crippen LogP contribution in [0.15, 0.2) is 57.5 Å². The zero-order valence-corrected chi connectivity index (χ0v) is 18.9. The van der Waals surface area contributed by atoms with Gasteiger partial charge in [0, 0.05) is 16.8 Å². The monoisotopic (exact) mass is 485 g/mol. The number of carbonyl (C=O) groups is 2. The van der Waals surface area contributed by atoms with Crippen molar-refractivity contribution in [3.8, 4) is 11.8 Å². The van der Waals surface area contributed by atoms with Crippen molar-refractivity contribution in [3.05, 3.63) is 68.7 Å². The van der Waals surface area contributed by atoms with Gasteiger partial charge in [-0.2, -0.15) is 5.26 Å². The molecule has 2 amide bonds. The first-order chi connectivity index (χ1) is 14.4. The van der Waals surface area contributed by atoms with Gasteiger partial charge < -0.3 is 15.4 Å². The number of aryl methyl sites for hydroxylation is 1. The molecule has 0 spiro atoms. The Bertz CT molecular complexity index is 1040. The highest BCUT2D eigenvalue weighted by Gasteiger charge is 2.30. The second-order valence-corrected chi connectivity index (χ2v) is 8.59. The van der Waals surface area contributed by atoms with Gasteiger partial charge in [-0.1, -0.05) is 30.0 Å². The lowest BCUT2D eigenvalue weighted by Crippen LogP contribution is -2.31. The van der Waals surface area contributed by atoms with Crippen LogP contribution >= 0.6 is 27.7 Å². The fourth-order valence-electron chi connectivity index (χ4n) is 3.10. The first kappa shape index (κ1) is 21.9. The van der Waals surface area contributed by atoms with E-state index < -0.39 is 0 Å². The summed E-state index contributed by atoms with van der Waals surface area (Å²) in [5.41, 5.74) is 3.06. The first-order valence-electron chi connectivity index (χ1n) is 9.18. The molecular formula is C22H20BrN3O3S. The van der Waals surface area contributed by atoms with Crippen LogP contribution in [0.25, 0.3) is 0 Å². The Morgan fingerprint density at radius 2 is 2.07 bits per heavy atom. The van der Waals surface area contributed by atoms with Crippen LogP contribution < -0.4 is 15.4 Å². The third kappa shape index (κ3) is 5.23. The topological polar surface area (TPSA) is 91.2 Å². The maximum atomic E-state index is 12.4. The molecule has 1 atom stereocenters. The maximum Gasteiger partial charge on any atom is 0.234 e. The summed E-state index contributed by atoms with van der Waals surface area (Å²) in [4.78, 5) is 24.7. The molecule has 0 saturated heterocycles. The lowest BCUT2D eigenvalue weighted by Gasteiger charge is -2.25. The predicted molar refractivity (Wildman–Crippen MR) is 121 cm³/mol. The van der Waals surface area contributed by atoms with E-state index in [1.54, 1.807) is 19.2 Å². The van der Waals surface area contributed by atoms with Crippen LogP contribution in [0, 0.1) is 18.3 Å². The van der Waals surface area contributed by atoms with Gasteiger partial charge in [-0.3, -0.25) is 9.59 Å². The SMILES string of the molecule is COc1ccc([C@H]2CC(=O)NC(SCC(=O)Nc3ccc(C)cc3Br)=C2C#N)cc1. The summed E-state index contributed by atoms with van der Waals surface area (Å²) in [6.07, 6.45) is 0.182. The Kier molecular flexibility index (Phi) is 7.19. The van der Waals surface area contributed by atoms with E-state index in [0.29, 0.717) is 22.0 Å². The summed E-state index contributed by atoms with van der Waals surface area (Å²) >= 11 is 4.59. The normalized spacial score (nSPS) is 15.9. The number of anilines is 1. The summed E-state index contributed by atoms with van der Waals surface area (Å²) in [6, 6.07) is 15.2. The molecule has 2 N–H and O–H groups in total. The van der Waals surface area contributed by atoms with Gasteiger partial charge >= 0.3 is 0 Å². The highest BCUT2D eigenvalue weighted by atomic mass is 79.9. The Balaban J connectivity index is 1.75. The molecule has 0 aliphatic carbocycles. The van der Waals surface area contributed by atoms with E-state index in [2.05, 4.69) is 32.6 Å². The van der Waals surface area contributed by atoms with Crippen LogP contribution in [0.3, 0.4) is 0 Å².